The Morgan fingerprint density at radius 3 is 2.23 bits per heavy atom. The molecule has 0 spiro atoms. The normalized spacial score (nSPS) is 18.8. The first-order chi connectivity index (χ1) is 14.2. The molecule has 0 radical (unpaired) electrons. The lowest BCUT2D eigenvalue weighted by Gasteiger charge is -2.37. The maximum Gasteiger partial charge on any atom is 0.281 e. The molecule has 0 saturated heterocycles. The molecule has 0 fully saturated rings. The predicted octanol–water partition coefficient (Wildman–Crippen LogP) is 5.07. The molecule has 2 aromatic carbocycles. The molecular formula is C24H25F3N2O2. The number of hydrogen-bond donors (Lipinski definition) is 2. The zero-order chi connectivity index (χ0) is 23.0. The van der Waals surface area contributed by atoms with Crippen molar-refractivity contribution in [3.8, 4) is 22.3 Å². The third-order valence-electron chi connectivity index (χ3n) is 6.68. The molecule has 0 saturated carbocycles. The van der Waals surface area contributed by atoms with Crippen molar-refractivity contribution in [1.82, 2.24) is 9.78 Å². The van der Waals surface area contributed by atoms with Crippen molar-refractivity contribution in [3.63, 3.8) is 0 Å². The fourth-order valence-electron chi connectivity index (χ4n) is 4.09. The number of aliphatic hydroxyl groups is 2. The van der Waals surface area contributed by atoms with Gasteiger partial charge in [0.25, 0.3) is 5.92 Å². The third kappa shape index (κ3) is 2.94. The highest BCUT2D eigenvalue weighted by Gasteiger charge is 2.57. The Kier molecular flexibility index (Phi) is 4.48. The maximum atomic E-state index is 14.7. The van der Waals surface area contributed by atoms with Crippen LogP contribution >= 0.6 is 0 Å². The van der Waals surface area contributed by atoms with E-state index in [-0.39, 0.29) is 11.1 Å². The van der Waals surface area contributed by atoms with Crippen molar-refractivity contribution in [2.24, 2.45) is 0 Å². The quantitative estimate of drug-likeness (QED) is 0.608. The average molecular weight is 430 g/mol. The Balaban J connectivity index is 2.00. The standard InChI is InChI=1S/C24H25F3N2O2/c1-21(2,22(3,4)30)29-13-14(12-28-29)17-10-15(25)11-19-20(17)16-8-6-7-9-18(16)24(19,31)23(5,26)27/h6-13,30-31H,1-5H3/t24-/m1/s1. The first kappa shape index (κ1) is 21.6. The molecule has 0 amide bonds. The highest BCUT2D eigenvalue weighted by atomic mass is 19.3. The molecule has 4 rings (SSSR count). The van der Waals surface area contributed by atoms with Crippen LogP contribution in [0.25, 0.3) is 22.3 Å². The van der Waals surface area contributed by atoms with Crippen molar-refractivity contribution in [2.45, 2.75) is 57.3 Å². The summed E-state index contributed by atoms with van der Waals surface area (Å²) in [6, 6.07) is 8.58. The summed E-state index contributed by atoms with van der Waals surface area (Å²) in [7, 11) is 0. The molecule has 0 aliphatic heterocycles. The Labute approximate surface area is 179 Å². The van der Waals surface area contributed by atoms with Crippen LogP contribution in [0.2, 0.25) is 0 Å². The van der Waals surface area contributed by atoms with E-state index in [1.165, 1.54) is 18.3 Å². The van der Waals surface area contributed by atoms with Gasteiger partial charge in [-0.2, -0.15) is 5.10 Å². The summed E-state index contributed by atoms with van der Waals surface area (Å²) < 4.78 is 45.7. The van der Waals surface area contributed by atoms with Crippen LogP contribution in [-0.4, -0.2) is 31.5 Å². The average Bonchev–Trinajstić information content (AvgIpc) is 3.24. The predicted molar refractivity (Wildman–Crippen MR) is 112 cm³/mol. The number of halogens is 3. The third-order valence-corrected chi connectivity index (χ3v) is 6.68. The summed E-state index contributed by atoms with van der Waals surface area (Å²) in [5.41, 5.74) is -3.09. The molecule has 1 aliphatic carbocycles. The van der Waals surface area contributed by atoms with Gasteiger partial charge in [0.05, 0.1) is 17.3 Å². The van der Waals surface area contributed by atoms with Crippen molar-refractivity contribution in [2.75, 3.05) is 0 Å². The lowest BCUT2D eigenvalue weighted by molar-refractivity contribution is -0.148. The van der Waals surface area contributed by atoms with Crippen molar-refractivity contribution in [3.05, 3.63) is 65.7 Å². The summed E-state index contributed by atoms with van der Waals surface area (Å²) in [4.78, 5) is 0. The van der Waals surface area contributed by atoms with Gasteiger partial charge in [-0.25, -0.2) is 13.2 Å². The van der Waals surface area contributed by atoms with Crippen LogP contribution in [0, 0.1) is 5.82 Å². The highest BCUT2D eigenvalue weighted by Crippen LogP contribution is 2.56. The number of fused-ring (bicyclic) bond motifs is 3. The van der Waals surface area contributed by atoms with E-state index in [0.717, 1.165) is 6.07 Å². The Hall–Kier alpha value is -2.64. The van der Waals surface area contributed by atoms with Crippen molar-refractivity contribution < 1.29 is 23.4 Å². The largest absolute Gasteiger partial charge is 0.388 e. The van der Waals surface area contributed by atoms with E-state index in [9.17, 15) is 23.4 Å². The molecule has 0 unspecified atom stereocenters. The van der Waals surface area contributed by atoms with Gasteiger partial charge in [-0.05, 0) is 56.5 Å². The number of hydrogen-bond acceptors (Lipinski definition) is 3. The minimum absolute atomic E-state index is 0.0357. The second-order valence-electron chi connectivity index (χ2n) is 9.31. The lowest BCUT2D eigenvalue weighted by atomic mass is 9.85. The van der Waals surface area contributed by atoms with Gasteiger partial charge in [0.1, 0.15) is 5.82 Å². The van der Waals surface area contributed by atoms with E-state index in [1.807, 2.05) is 13.8 Å². The summed E-state index contributed by atoms with van der Waals surface area (Å²) in [6.45, 7) is 7.58. The van der Waals surface area contributed by atoms with Gasteiger partial charge in [-0.1, -0.05) is 24.3 Å². The van der Waals surface area contributed by atoms with E-state index in [4.69, 9.17) is 0 Å². The Morgan fingerprint density at radius 2 is 1.61 bits per heavy atom. The van der Waals surface area contributed by atoms with E-state index >= 15 is 0 Å². The molecule has 1 aromatic heterocycles. The van der Waals surface area contributed by atoms with Crippen LogP contribution in [0.15, 0.2) is 48.8 Å². The van der Waals surface area contributed by atoms with Gasteiger partial charge in [0.2, 0.25) is 0 Å². The number of benzene rings is 2. The van der Waals surface area contributed by atoms with Crippen LogP contribution in [0.5, 0.6) is 0 Å². The summed E-state index contributed by atoms with van der Waals surface area (Å²) >= 11 is 0. The highest BCUT2D eigenvalue weighted by molar-refractivity contribution is 5.92. The van der Waals surface area contributed by atoms with Crippen LogP contribution < -0.4 is 0 Å². The van der Waals surface area contributed by atoms with Crippen molar-refractivity contribution in [1.29, 1.82) is 0 Å². The Bertz CT molecular complexity index is 1170. The minimum Gasteiger partial charge on any atom is -0.388 e. The molecule has 1 aliphatic rings. The molecule has 1 atom stereocenters. The Morgan fingerprint density at radius 1 is 0.968 bits per heavy atom. The fraction of sp³-hybridized carbons (Fsp3) is 0.375. The fourth-order valence-corrected chi connectivity index (χ4v) is 4.09. The molecule has 164 valence electrons. The van der Waals surface area contributed by atoms with Crippen LogP contribution in [0.3, 0.4) is 0 Å². The van der Waals surface area contributed by atoms with Crippen LogP contribution in [0.4, 0.5) is 13.2 Å². The number of aromatic nitrogens is 2. The number of alkyl halides is 2. The number of nitrogens with zero attached hydrogens (tertiary/aromatic N) is 2. The van der Waals surface area contributed by atoms with Crippen LogP contribution in [0.1, 0.15) is 45.7 Å². The van der Waals surface area contributed by atoms with Gasteiger partial charge < -0.3 is 10.2 Å². The molecule has 3 aromatic rings. The zero-order valence-electron chi connectivity index (χ0n) is 18.0. The smallest absolute Gasteiger partial charge is 0.281 e. The van der Waals surface area contributed by atoms with Gasteiger partial charge in [-0.15, -0.1) is 0 Å². The molecule has 0 bridgehead atoms. The molecular weight excluding hydrogens is 405 g/mol. The number of rotatable bonds is 4. The molecule has 2 N–H and O–H groups in total. The van der Waals surface area contributed by atoms with E-state index < -0.39 is 28.5 Å². The second-order valence-corrected chi connectivity index (χ2v) is 9.31. The van der Waals surface area contributed by atoms with E-state index in [2.05, 4.69) is 5.10 Å². The first-order valence-corrected chi connectivity index (χ1v) is 10.0. The zero-order valence-corrected chi connectivity index (χ0v) is 18.0. The minimum atomic E-state index is -3.55. The summed E-state index contributed by atoms with van der Waals surface area (Å²) in [5.74, 6) is -4.29. The lowest BCUT2D eigenvalue weighted by Crippen LogP contribution is -2.47. The SMILES string of the molecule is CC(C)(O)C(C)(C)n1cc(-c2cc(F)cc3c2-c2ccccc2[C@]3(O)C(C)(F)F)cn1. The van der Waals surface area contributed by atoms with E-state index in [1.54, 1.807) is 42.9 Å². The van der Waals surface area contributed by atoms with E-state index in [0.29, 0.717) is 29.2 Å². The molecule has 1 heterocycles. The summed E-state index contributed by atoms with van der Waals surface area (Å²) in [6.07, 6.45) is 3.16. The van der Waals surface area contributed by atoms with Gasteiger partial charge in [0.15, 0.2) is 5.60 Å². The topological polar surface area (TPSA) is 58.3 Å². The molecule has 4 nitrogen and oxygen atoms in total. The molecule has 7 heteroatoms. The molecule has 31 heavy (non-hydrogen) atoms. The van der Waals surface area contributed by atoms with Gasteiger partial charge in [-0.3, -0.25) is 4.68 Å². The first-order valence-electron chi connectivity index (χ1n) is 10.0. The summed E-state index contributed by atoms with van der Waals surface area (Å²) in [5, 5.41) is 26.1. The second kappa shape index (κ2) is 6.43. The van der Waals surface area contributed by atoms with Crippen molar-refractivity contribution >= 4 is 0 Å². The van der Waals surface area contributed by atoms with Crippen LogP contribution in [-0.2, 0) is 11.1 Å². The monoisotopic (exact) mass is 430 g/mol. The van der Waals surface area contributed by atoms with Gasteiger partial charge in [0, 0.05) is 29.8 Å². The van der Waals surface area contributed by atoms with Gasteiger partial charge >= 0.3 is 0 Å². The maximum absolute atomic E-state index is 14.7.